The zero-order chi connectivity index (χ0) is 21.3. The van der Waals surface area contributed by atoms with Crippen LogP contribution >= 0.6 is 0 Å². The first-order valence-electron chi connectivity index (χ1n) is 9.50. The molecule has 2 N–H and O–H groups in total. The molecule has 2 aromatic rings. The molecule has 4 heteroatoms. The van der Waals surface area contributed by atoms with Gasteiger partial charge in [0.05, 0.1) is 12.8 Å². The normalized spacial score (nSPS) is 12.1. The maximum absolute atomic E-state index is 11.4. The second kappa shape index (κ2) is 7.78. The second-order valence-corrected chi connectivity index (χ2v) is 9.38. The molecular weight excluding hydrogens is 352 g/mol. The van der Waals surface area contributed by atoms with Crippen molar-refractivity contribution in [2.24, 2.45) is 0 Å². The highest BCUT2D eigenvalue weighted by molar-refractivity contribution is 5.78. The summed E-state index contributed by atoms with van der Waals surface area (Å²) in [5.74, 6) is -1.76. The van der Waals surface area contributed by atoms with Gasteiger partial charge < -0.3 is 10.2 Å². The Kier molecular flexibility index (Phi) is 6.03. The number of hydrogen-bond acceptors (Lipinski definition) is 2. The number of aliphatic carboxylic acids is 2. The van der Waals surface area contributed by atoms with Gasteiger partial charge in [-0.15, -0.1) is 0 Å². The molecule has 0 saturated carbocycles. The number of hydrogen-bond donors (Lipinski definition) is 2. The Morgan fingerprint density at radius 1 is 0.750 bits per heavy atom. The van der Waals surface area contributed by atoms with Crippen molar-refractivity contribution in [2.75, 3.05) is 0 Å². The monoisotopic (exact) mass is 382 g/mol. The van der Waals surface area contributed by atoms with Crippen molar-refractivity contribution >= 4 is 11.9 Å². The van der Waals surface area contributed by atoms with Crippen molar-refractivity contribution in [2.45, 2.75) is 65.2 Å². The molecule has 0 amide bonds. The minimum Gasteiger partial charge on any atom is -0.481 e. The van der Waals surface area contributed by atoms with Gasteiger partial charge in [0.25, 0.3) is 0 Å². The molecule has 0 aliphatic rings. The van der Waals surface area contributed by atoms with Crippen LogP contribution in [0.25, 0.3) is 11.1 Å². The fourth-order valence-corrected chi connectivity index (χ4v) is 3.45. The van der Waals surface area contributed by atoms with Crippen LogP contribution in [0.4, 0.5) is 0 Å². The molecule has 0 unspecified atom stereocenters. The lowest BCUT2D eigenvalue weighted by Crippen LogP contribution is -2.16. The zero-order valence-electron chi connectivity index (χ0n) is 17.6. The van der Waals surface area contributed by atoms with Crippen LogP contribution in [0, 0.1) is 0 Å². The highest BCUT2D eigenvalue weighted by Crippen LogP contribution is 2.34. The Hall–Kier alpha value is -2.62. The van der Waals surface area contributed by atoms with Gasteiger partial charge in [-0.2, -0.15) is 0 Å². The summed E-state index contributed by atoms with van der Waals surface area (Å²) in [5, 5.41) is 18.7. The van der Waals surface area contributed by atoms with E-state index in [9.17, 15) is 19.8 Å². The maximum Gasteiger partial charge on any atom is 0.307 e. The third kappa shape index (κ3) is 5.22. The maximum atomic E-state index is 11.4. The van der Waals surface area contributed by atoms with Crippen LogP contribution in [0.2, 0.25) is 0 Å². The molecule has 0 radical (unpaired) electrons. The van der Waals surface area contributed by atoms with Gasteiger partial charge in [0.15, 0.2) is 0 Å². The van der Waals surface area contributed by atoms with E-state index in [4.69, 9.17) is 0 Å². The first-order valence-corrected chi connectivity index (χ1v) is 9.50. The van der Waals surface area contributed by atoms with Gasteiger partial charge in [0.2, 0.25) is 0 Å². The summed E-state index contributed by atoms with van der Waals surface area (Å²) in [4.78, 5) is 22.8. The van der Waals surface area contributed by atoms with Crippen LogP contribution in [-0.2, 0) is 33.3 Å². The Labute approximate surface area is 167 Å². The molecule has 2 rings (SSSR count). The number of rotatable bonds is 5. The summed E-state index contributed by atoms with van der Waals surface area (Å²) in [6.45, 7) is 12.4. The van der Waals surface area contributed by atoms with Gasteiger partial charge in [-0.25, -0.2) is 0 Å². The first kappa shape index (κ1) is 21.7. The van der Waals surface area contributed by atoms with Crippen molar-refractivity contribution in [1.82, 2.24) is 0 Å². The smallest absolute Gasteiger partial charge is 0.307 e. The Morgan fingerprint density at radius 2 is 1.32 bits per heavy atom. The van der Waals surface area contributed by atoms with Crippen molar-refractivity contribution < 1.29 is 19.8 Å². The van der Waals surface area contributed by atoms with E-state index in [0.717, 1.165) is 33.4 Å². The summed E-state index contributed by atoms with van der Waals surface area (Å²) >= 11 is 0. The summed E-state index contributed by atoms with van der Waals surface area (Å²) < 4.78 is 0. The van der Waals surface area contributed by atoms with Crippen LogP contribution in [0.1, 0.15) is 63.8 Å². The van der Waals surface area contributed by atoms with E-state index in [1.165, 1.54) is 0 Å². The van der Waals surface area contributed by atoms with E-state index >= 15 is 0 Å². The minimum atomic E-state index is -0.885. The van der Waals surface area contributed by atoms with Gasteiger partial charge in [0, 0.05) is 0 Å². The first-order chi connectivity index (χ1) is 12.8. The van der Waals surface area contributed by atoms with Crippen molar-refractivity contribution in [3.8, 4) is 11.1 Å². The van der Waals surface area contributed by atoms with Crippen LogP contribution in [0.15, 0.2) is 36.4 Å². The Balaban J connectivity index is 2.66. The van der Waals surface area contributed by atoms with E-state index in [0.29, 0.717) is 0 Å². The summed E-state index contributed by atoms with van der Waals surface area (Å²) in [6, 6.07) is 11.8. The standard InChI is InChI=1S/C24H30O4/c1-23(2,3)18-8-9-19(16(12-18)13-21(25)26)15-7-10-20(24(4,5)6)17(11-15)14-22(27)28/h7-12H,13-14H2,1-6H3,(H,25,26)(H,27,28). The largest absolute Gasteiger partial charge is 0.481 e. The van der Waals surface area contributed by atoms with E-state index in [1.54, 1.807) is 0 Å². The van der Waals surface area contributed by atoms with E-state index in [-0.39, 0.29) is 23.7 Å². The molecule has 0 heterocycles. The molecular formula is C24H30O4. The minimum absolute atomic E-state index is 0.0607. The van der Waals surface area contributed by atoms with Crippen LogP contribution < -0.4 is 0 Å². The van der Waals surface area contributed by atoms with Gasteiger partial charge in [0.1, 0.15) is 0 Å². The summed E-state index contributed by atoms with van der Waals surface area (Å²) in [7, 11) is 0. The van der Waals surface area contributed by atoms with E-state index in [1.807, 2.05) is 36.4 Å². The van der Waals surface area contributed by atoms with Gasteiger partial charge in [-0.3, -0.25) is 9.59 Å². The number of benzene rings is 2. The average molecular weight is 383 g/mol. The van der Waals surface area contributed by atoms with Gasteiger partial charge in [-0.1, -0.05) is 77.9 Å². The zero-order valence-corrected chi connectivity index (χ0v) is 17.6. The third-order valence-electron chi connectivity index (χ3n) is 4.88. The van der Waals surface area contributed by atoms with Crippen molar-refractivity contribution in [3.63, 3.8) is 0 Å². The number of carboxylic acid groups (broad SMARTS) is 2. The number of carboxylic acids is 2. The lowest BCUT2D eigenvalue weighted by Gasteiger charge is -2.24. The molecule has 28 heavy (non-hydrogen) atoms. The Bertz CT molecular complexity index is 896. The van der Waals surface area contributed by atoms with E-state index < -0.39 is 11.9 Å². The lowest BCUT2D eigenvalue weighted by atomic mass is 9.80. The molecule has 0 fully saturated rings. The molecule has 4 nitrogen and oxygen atoms in total. The Morgan fingerprint density at radius 3 is 1.82 bits per heavy atom. The highest BCUT2D eigenvalue weighted by atomic mass is 16.4. The molecule has 0 atom stereocenters. The summed E-state index contributed by atoms with van der Waals surface area (Å²) in [5.41, 5.74) is 4.99. The predicted octanol–water partition coefficient (Wildman–Crippen LogP) is 5.20. The average Bonchev–Trinajstić information content (AvgIpc) is 2.51. The molecule has 0 aliphatic carbocycles. The molecule has 0 aromatic heterocycles. The second-order valence-electron chi connectivity index (χ2n) is 9.38. The molecule has 0 spiro atoms. The van der Waals surface area contributed by atoms with Crippen molar-refractivity contribution in [1.29, 1.82) is 0 Å². The molecule has 0 aliphatic heterocycles. The fraction of sp³-hybridized carbons (Fsp3) is 0.417. The fourth-order valence-electron chi connectivity index (χ4n) is 3.45. The van der Waals surface area contributed by atoms with Crippen LogP contribution in [-0.4, -0.2) is 22.2 Å². The quantitative estimate of drug-likeness (QED) is 0.745. The van der Waals surface area contributed by atoms with Gasteiger partial charge in [-0.05, 0) is 44.2 Å². The number of carbonyl (C=O) groups is 2. The topological polar surface area (TPSA) is 74.6 Å². The highest BCUT2D eigenvalue weighted by Gasteiger charge is 2.21. The van der Waals surface area contributed by atoms with Crippen molar-refractivity contribution in [3.05, 3.63) is 58.7 Å². The predicted molar refractivity (Wildman–Crippen MR) is 112 cm³/mol. The third-order valence-corrected chi connectivity index (χ3v) is 4.88. The molecule has 0 bridgehead atoms. The SMILES string of the molecule is CC(C)(C)c1ccc(-c2ccc(C(C)(C)C)c(CC(=O)O)c2)c(CC(=O)O)c1. The lowest BCUT2D eigenvalue weighted by molar-refractivity contribution is -0.137. The molecule has 2 aromatic carbocycles. The molecule has 150 valence electrons. The molecule has 0 saturated heterocycles. The van der Waals surface area contributed by atoms with E-state index in [2.05, 4.69) is 41.5 Å². The van der Waals surface area contributed by atoms with Crippen LogP contribution in [0.3, 0.4) is 0 Å². The van der Waals surface area contributed by atoms with Gasteiger partial charge >= 0.3 is 11.9 Å². The van der Waals surface area contributed by atoms with Crippen LogP contribution in [0.5, 0.6) is 0 Å². The summed E-state index contributed by atoms with van der Waals surface area (Å²) in [6.07, 6.45) is -0.136.